The molecular formula is C14H15F3N4O2S. The summed E-state index contributed by atoms with van der Waals surface area (Å²) in [5.74, 6) is -0.0907. The van der Waals surface area contributed by atoms with E-state index in [1.165, 1.54) is 10.5 Å². The number of carbonyl (C=O) groups is 1. The number of fused-ring (bicyclic) bond motifs is 1. The fourth-order valence-electron chi connectivity index (χ4n) is 2.37. The van der Waals surface area contributed by atoms with E-state index in [2.05, 4.69) is 10.2 Å². The molecule has 10 heteroatoms. The molecule has 0 unspecified atom stereocenters. The van der Waals surface area contributed by atoms with Gasteiger partial charge in [-0.15, -0.1) is 10.2 Å². The molecule has 3 rings (SSSR count). The molecule has 0 bridgehead atoms. The number of thioether (sulfide) groups is 1. The Labute approximate surface area is 140 Å². The van der Waals surface area contributed by atoms with Gasteiger partial charge in [0.1, 0.15) is 0 Å². The standard InChI is InChI=1S/C14H15F3N4O2S/c1-9(12(22)20-4-6-23-7-5-20)24-13-19-18-11-3-2-10(8-21(11)13)14(15,16)17/h2-3,8-9H,4-7H2,1H3/t9-/m0/s1. The number of halogens is 3. The van der Waals surface area contributed by atoms with Crippen LogP contribution in [0, 0.1) is 0 Å². The first-order chi connectivity index (χ1) is 11.4. The molecule has 0 saturated carbocycles. The molecule has 1 fully saturated rings. The Bertz CT molecular complexity index is 743. The zero-order valence-corrected chi connectivity index (χ0v) is 13.6. The molecule has 1 aliphatic heterocycles. The monoisotopic (exact) mass is 360 g/mol. The summed E-state index contributed by atoms with van der Waals surface area (Å²) in [6.07, 6.45) is -3.50. The SMILES string of the molecule is C[C@H](Sc1nnc2ccc(C(F)(F)F)cn12)C(=O)N1CCOCC1. The van der Waals surface area contributed by atoms with Crippen LogP contribution in [0.25, 0.3) is 5.65 Å². The van der Waals surface area contributed by atoms with Gasteiger partial charge in [0.15, 0.2) is 10.8 Å². The Morgan fingerprint density at radius 2 is 2.00 bits per heavy atom. The molecule has 24 heavy (non-hydrogen) atoms. The maximum absolute atomic E-state index is 12.9. The van der Waals surface area contributed by atoms with Crippen LogP contribution in [0.1, 0.15) is 12.5 Å². The third kappa shape index (κ3) is 3.48. The van der Waals surface area contributed by atoms with E-state index >= 15 is 0 Å². The van der Waals surface area contributed by atoms with Crippen molar-refractivity contribution in [3.8, 4) is 0 Å². The molecule has 130 valence electrons. The summed E-state index contributed by atoms with van der Waals surface area (Å²) in [6.45, 7) is 3.72. The molecule has 3 heterocycles. The van der Waals surface area contributed by atoms with Crippen molar-refractivity contribution in [3.05, 3.63) is 23.9 Å². The molecule has 1 amide bonds. The number of aromatic nitrogens is 3. The lowest BCUT2D eigenvalue weighted by Crippen LogP contribution is -2.44. The zero-order valence-electron chi connectivity index (χ0n) is 12.8. The van der Waals surface area contributed by atoms with Crippen molar-refractivity contribution in [1.29, 1.82) is 0 Å². The Hall–Kier alpha value is -1.81. The highest BCUT2D eigenvalue weighted by Gasteiger charge is 2.31. The number of alkyl halides is 3. The Kier molecular flexibility index (Phi) is 4.68. The van der Waals surface area contributed by atoms with E-state index in [4.69, 9.17) is 4.74 Å². The Morgan fingerprint density at radius 3 is 2.67 bits per heavy atom. The van der Waals surface area contributed by atoms with E-state index in [-0.39, 0.29) is 11.1 Å². The van der Waals surface area contributed by atoms with Crippen LogP contribution in [0.15, 0.2) is 23.5 Å². The average molecular weight is 360 g/mol. The van der Waals surface area contributed by atoms with Crippen LogP contribution in [0.4, 0.5) is 13.2 Å². The minimum Gasteiger partial charge on any atom is -0.378 e. The van der Waals surface area contributed by atoms with Gasteiger partial charge in [-0.25, -0.2) is 0 Å². The first-order valence-electron chi connectivity index (χ1n) is 7.31. The first kappa shape index (κ1) is 17.0. The highest BCUT2D eigenvalue weighted by molar-refractivity contribution is 8.00. The highest BCUT2D eigenvalue weighted by Crippen LogP contribution is 2.31. The fourth-order valence-corrected chi connectivity index (χ4v) is 3.28. The largest absolute Gasteiger partial charge is 0.417 e. The second-order valence-corrected chi connectivity index (χ2v) is 6.63. The maximum atomic E-state index is 12.9. The van der Waals surface area contributed by atoms with Crippen LogP contribution < -0.4 is 0 Å². The lowest BCUT2D eigenvalue weighted by atomic mass is 10.3. The predicted octanol–water partition coefficient (Wildman–Crippen LogP) is 2.09. The van der Waals surface area contributed by atoms with E-state index in [0.717, 1.165) is 24.0 Å². The van der Waals surface area contributed by atoms with Gasteiger partial charge >= 0.3 is 6.18 Å². The van der Waals surface area contributed by atoms with Gasteiger partial charge in [0.05, 0.1) is 24.0 Å². The molecule has 1 saturated heterocycles. The summed E-state index contributed by atoms with van der Waals surface area (Å²) in [6, 6.07) is 2.22. The summed E-state index contributed by atoms with van der Waals surface area (Å²) in [5, 5.41) is 7.52. The molecule has 0 aromatic carbocycles. The molecule has 0 radical (unpaired) electrons. The number of nitrogens with zero attached hydrogens (tertiary/aromatic N) is 4. The molecule has 1 aliphatic rings. The Morgan fingerprint density at radius 1 is 1.29 bits per heavy atom. The minimum absolute atomic E-state index is 0.0907. The third-order valence-corrected chi connectivity index (χ3v) is 4.70. The molecule has 6 nitrogen and oxygen atoms in total. The van der Waals surface area contributed by atoms with Gasteiger partial charge in [-0.05, 0) is 19.1 Å². The summed E-state index contributed by atoms with van der Waals surface area (Å²) >= 11 is 1.09. The number of ether oxygens (including phenoxy) is 1. The van der Waals surface area contributed by atoms with Gasteiger partial charge in [-0.2, -0.15) is 13.2 Å². The predicted molar refractivity (Wildman–Crippen MR) is 80.7 cm³/mol. The number of rotatable bonds is 3. The normalized spacial score (nSPS) is 17.2. The van der Waals surface area contributed by atoms with Crippen LogP contribution in [-0.2, 0) is 15.7 Å². The molecule has 1 atom stereocenters. The smallest absolute Gasteiger partial charge is 0.378 e. The second kappa shape index (κ2) is 6.60. The number of hydrogen-bond acceptors (Lipinski definition) is 5. The topological polar surface area (TPSA) is 59.7 Å². The summed E-state index contributed by atoms with van der Waals surface area (Å²) in [5.41, 5.74) is -0.486. The molecule has 2 aromatic rings. The van der Waals surface area contributed by atoms with E-state index < -0.39 is 17.0 Å². The summed E-state index contributed by atoms with van der Waals surface area (Å²) < 4.78 is 45.0. The van der Waals surface area contributed by atoms with Crippen LogP contribution in [0.5, 0.6) is 0 Å². The fraction of sp³-hybridized carbons (Fsp3) is 0.500. The van der Waals surface area contributed by atoms with Crippen molar-refractivity contribution in [1.82, 2.24) is 19.5 Å². The first-order valence-corrected chi connectivity index (χ1v) is 8.19. The molecular weight excluding hydrogens is 345 g/mol. The van der Waals surface area contributed by atoms with E-state index in [1.807, 2.05) is 0 Å². The van der Waals surface area contributed by atoms with Crippen molar-refractivity contribution in [3.63, 3.8) is 0 Å². The molecule has 2 aromatic heterocycles. The summed E-state index contributed by atoms with van der Waals surface area (Å²) in [4.78, 5) is 14.1. The van der Waals surface area contributed by atoms with E-state index in [0.29, 0.717) is 32.0 Å². The van der Waals surface area contributed by atoms with Crippen LogP contribution in [-0.4, -0.2) is 57.0 Å². The Balaban J connectivity index is 1.80. The zero-order chi connectivity index (χ0) is 17.3. The number of amides is 1. The average Bonchev–Trinajstić information content (AvgIpc) is 2.96. The number of morpholine rings is 1. The third-order valence-electron chi connectivity index (χ3n) is 3.65. The maximum Gasteiger partial charge on any atom is 0.417 e. The van der Waals surface area contributed by atoms with Crippen molar-refractivity contribution < 1.29 is 22.7 Å². The molecule has 0 aliphatic carbocycles. The van der Waals surface area contributed by atoms with Gasteiger partial charge in [-0.1, -0.05) is 11.8 Å². The van der Waals surface area contributed by atoms with Crippen molar-refractivity contribution in [2.45, 2.75) is 23.5 Å². The minimum atomic E-state index is -4.45. The van der Waals surface area contributed by atoms with Gasteiger partial charge in [0, 0.05) is 19.3 Å². The molecule has 0 spiro atoms. The van der Waals surface area contributed by atoms with Gasteiger partial charge in [0.2, 0.25) is 5.91 Å². The van der Waals surface area contributed by atoms with E-state index in [1.54, 1.807) is 11.8 Å². The van der Waals surface area contributed by atoms with E-state index in [9.17, 15) is 18.0 Å². The highest BCUT2D eigenvalue weighted by atomic mass is 32.2. The van der Waals surface area contributed by atoms with Crippen LogP contribution >= 0.6 is 11.8 Å². The molecule has 0 N–H and O–H groups in total. The summed E-state index contributed by atoms with van der Waals surface area (Å²) in [7, 11) is 0. The number of carbonyl (C=O) groups excluding carboxylic acids is 1. The van der Waals surface area contributed by atoms with Crippen LogP contribution in [0.3, 0.4) is 0 Å². The van der Waals surface area contributed by atoms with Crippen molar-refractivity contribution in [2.75, 3.05) is 26.3 Å². The van der Waals surface area contributed by atoms with Crippen molar-refractivity contribution >= 4 is 23.3 Å². The number of hydrogen-bond donors (Lipinski definition) is 0. The lowest BCUT2D eigenvalue weighted by Gasteiger charge is -2.28. The second-order valence-electron chi connectivity index (χ2n) is 5.32. The quantitative estimate of drug-likeness (QED) is 0.785. The van der Waals surface area contributed by atoms with Crippen molar-refractivity contribution in [2.24, 2.45) is 0 Å². The van der Waals surface area contributed by atoms with Gasteiger partial charge < -0.3 is 9.64 Å². The lowest BCUT2D eigenvalue weighted by molar-refractivity contribution is -0.138. The number of pyridine rings is 1. The van der Waals surface area contributed by atoms with Gasteiger partial charge in [-0.3, -0.25) is 9.20 Å². The van der Waals surface area contributed by atoms with Crippen LogP contribution in [0.2, 0.25) is 0 Å². The van der Waals surface area contributed by atoms with Gasteiger partial charge in [0.25, 0.3) is 0 Å².